The van der Waals surface area contributed by atoms with Crippen LogP contribution in [-0.2, 0) is 0 Å². The number of methoxy groups -OCH3 is 1. The van der Waals surface area contributed by atoms with Crippen LogP contribution in [0.5, 0.6) is 5.75 Å². The third kappa shape index (κ3) is 4.95. The van der Waals surface area contributed by atoms with E-state index < -0.39 is 0 Å². The maximum atomic E-state index is 5.30. The first-order chi connectivity index (χ1) is 13.3. The zero-order valence-electron chi connectivity index (χ0n) is 16.9. The second-order valence-electron chi connectivity index (χ2n) is 7.12. The van der Waals surface area contributed by atoms with Gasteiger partial charge >= 0.3 is 0 Å². The van der Waals surface area contributed by atoms with Gasteiger partial charge in [-0.1, -0.05) is 37.6 Å². The first-order valence-corrected chi connectivity index (χ1v) is 9.81. The van der Waals surface area contributed by atoms with Gasteiger partial charge in [0.1, 0.15) is 11.6 Å². The first-order valence-electron chi connectivity index (χ1n) is 9.81. The Morgan fingerprint density at radius 2 is 1.86 bits per heavy atom. The molecule has 29 heavy (non-hydrogen) atoms. The smallest absolute Gasteiger partial charge is 0.137 e. The van der Waals surface area contributed by atoms with Crippen molar-refractivity contribution in [2.24, 2.45) is 0 Å². The van der Waals surface area contributed by atoms with Crippen LogP contribution in [-0.4, -0.2) is 37.8 Å². The Bertz CT molecular complexity index is 916. The summed E-state index contributed by atoms with van der Waals surface area (Å²) in [6, 6.07) is 19.4. The third-order valence-corrected chi connectivity index (χ3v) is 5.35. The highest BCUT2D eigenvalue weighted by molar-refractivity contribution is 5.95. The lowest BCUT2D eigenvalue weighted by atomic mass is 10.0. The largest absolute Gasteiger partial charge is 0.497 e. The highest BCUT2D eigenvalue weighted by Gasteiger charge is 2.24. The Balaban J connectivity index is 0.00000150. The molecule has 1 aliphatic rings. The number of rotatable bonds is 5. The van der Waals surface area contributed by atoms with Crippen LogP contribution in [0.2, 0.25) is 0 Å². The quantitative estimate of drug-likeness (QED) is 0.589. The number of hydrogen-bond acceptors (Lipinski definition) is 4. The molecule has 1 aliphatic heterocycles. The molecule has 1 fully saturated rings. The van der Waals surface area contributed by atoms with E-state index in [0.29, 0.717) is 6.04 Å². The first kappa shape index (κ1) is 23.3. The number of fused-ring (bicyclic) bond motifs is 1. The summed E-state index contributed by atoms with van der Waals surface area (Å²) in [5.74, 6) is 1.98. The zero-order valence-corrected chi connectivity index (χ0v) is 18.6. The summed E-state index contributed by atoms with van der Waals surface area (Å²) in [5.41, 5.74) is 2.13. The van der Waals surface area contributed by atoms with Gasteiger partial charge in [0.05, 0.1) is 12.8 Å². The van der Waals surface area contributed by atoms with E-state index in [2.05, 4.69) is 59.6 Å². The summed E-state index contributed by atoms with van der Waals surface area (Å²) in [5, 5.41) is 6.02. The minimum absolute atomic E-state index is 0. The van der Waals surface area contributed by atoms with E-state index in [1.165, 1.54) is 23.6 Å². The summed E-state index contributed by atoms with van der Waals surface area (Å²) in [7, 11) is 1.69. The van der Waals surface area contributed by atoms with Gasteiger partial charge < -0.3 is 15.0 Å². The van der Waals surface area contributed by atoms with Crippen molar-refractivity contribution in [3.8, 4) is 17.0 Å². The van der Waals surface area contributed by atoms with Crippen molar-refractivity contribution in [3.05, 3.63) is 54.6 Å². The van der Waals surface area contributed by atoms with Gasteiger partial charge in [-0.3, -0.25) is 0 Å². The van der Waals surface area contributed by atoms with Crippen molar-refractivity contribution >= 4 is 41.4 Å². The lowest BCUT2D eigenvalue weighted by molar-refractivity contribution is 0.415. The molecule has 1 unspecified atom stereocenters. The van der Waals surface area contributed by atoms with Crippen molar-refractivity contribution in [3.63, 3.8) is 0 Å². The highest BCUT2D eigenvalue weighted by Crippen LogP contribution is 2.32. The minimum atomic E-state index is 0. The SMILES string of the molecule is CCCC1CNCCN1c1nc(-c2ccc(OC)cc2)cc2ccccc12.Cl.Cl. The number of halogens is 2. The molecule has 1 N–H and O–H groups in total. The van der Waals surface area contributed by atoms with Crippen molar-refractivity contribution in [1.82, 2.24) is 10.3 Å². The predicted molar refractivity (Wildman–Crippen MR) is 127 cm³/mol. The number of anilines is 1. The monoisotopic (exact) mass is 433 g/mol. The molecule has 156 valence electrons. The third-order valence-electron chi connectivity index (χ3n) is 5.35. The summed E-state index contributed by atoms with van der Waals surface area (Å²) in [4.78, 5) is 7.65. The van der Waals surface area contributed by atoms with Gasteiger partial charge in [0, 0.05) is 36.6 Å². The van der Waals surface area contributed by atoms with Crippen LogP contribution in [0.25, 0.3) is 22.0 Å². The summed E-state index contributed by atoms with van der Waals surface area (Å²) < 4.78 is 5.30. The molecule has 0 saturated carbocycles. The lowest BCUT2D eigenvalue weighted by Gasteiger charge is -2.38. The molecule has 0 radical (unpaired) electrons. The van der Waals surface area contributed by atoms with Gasteiger partial charge in [0.25, 0.3) is 0 Å². The summed E-state index contributed by atoms with van der Waals surface area (Å²) in [6.07, 6.45) is 2.36. The van der Waals surface area contributed by atoms with Crippen LogP contribution in [0.3, 0.4) is 0 Å². The Kier molecular flexibility index (Phi) is 8.57. The van der Waals surface area contributed by atoms with E-state index in [9.17, 15) is 0 Å². The lowest BCUT2D eigenvalue weighted by Crippen LogP contribution is -2.51. The number of piperazine rings is 1. The Morgan fingerprint density at radius 3 is 2.59 bits per heavy atom. The average Bonchev–Trinajstić information content (AvgIpc) is 2.74. The van der Waals surface area contributed by atoms with Gasteiger partial charge in [-0.15, -0.1) is 24.8 Å². The zero-order chi connectivity index (χ0) is 18.6. The van der Waals surface area contributed by atoms with E-state index in [0.717, 1.165) is 42.5 Å². The van der Waals surface area contributed by atoms with E-state index in [4.69, 9.17) is 9.72 Å². The van der Waals surface area contributed by atoms with Gasteiger partial charge in [-0.05, 0) is 42.1 Å². The molecule has 0 spiro atoms. The predicted octanol–water partition coefficient (Wildman–Crippen LogP) is 5.33. The molecule has 1 saturated heterocycles. The molecular formula is C23H29Cl2N3O. The fourth-order valence-electron chi connectivity index (χ4n) is 3.94. The molecule has 4 nitrogen and oxygen atoms in total. The van der Waals surface area contributed by atoms with Gasteiger partial charge in [0.2, 0.25) is 0 Å². The molecular weight excluding hydrogens is 405 g/mol. The Labute approximate surface area is 185 Å². The molecule has 3 aromatic rings. The summed E-state index contributed by atoms with van der Waals surface area (Å²) in [6.45, 7) is 5.28. The Morgan fingerprint density at radius 1 is 1.10 bits per heavy atom. The number of ether oxygens (including phenoxy) is 1. The van der Waals surface area contributed by atoms with Gasteiger partial charge in [-0.2, -0.15) is 0 Å². The number of benzene rings is 2. The van der Waals surface area contributed by atoms with Crippen LogP contribution >= 0.6 is 24.8 Å². The average molecular weight is 434 g/mol. The molecule has 2 aromatic carbocycles. The van der Waals surface area contributed by atoms with Gasteiger partial charge in [0.15, 0.2) is 0 Å². The van der Waals surface area contributed by atoms with Crippen LogP contribution in [0.4, 0.5) is 5.82 Å². The molecule has 6 heteroatoms. The number of pyridine rings is 1. The molecule has 1 aromatic heterocycles. The fourth-order valence-corrected chi connectivity index (χ4v) is 3.94. The van der Waals surface area contributed by atoms with Crippen molar-refractivity contribution < 1.29 is 4.74 Å². The van der Waals surface area contributed by atoms with Crippen LogP contribution in [0.15, 0.2) is 54.6 Å². The van der Waals surface area contributed by atoms with E-state index >= 15 is 0 Å². The fraction of sp³-hybridized carbons (Fsp3) is 0.348. The van der Waals surface area contributed by atoms with E-state index in [1.807, 2.05) is 12.1 Å². The number of nitrogens with one attached hydrogen (secondary N) is 1. The standard InChI is InChI=1S/C23H27N3O.2ClH/c1-3-6-19-16-24-13-14-26(19)23-21-8-5-4-7-18(21)15-22(25-23)17-9-11-20(27-2)12-10-17;;/h4-5,7-12,15,19,24H,3,6,13-14,16H2,1-2H3;2*1H. The maximum Gasteiger partial charge on any atom is 0.137 e. The normalized spacial score (nSPS) is 16.1. The topological polar surface area (TPSA) is 37.4 Å². The molecule has 0 bridgehead atoms. The van der Waals surface area contributed by atoms with E-state index in [-0.39, 0.29) is 24.8 Å². The molecule has 4 rings (SSSR count). The second kappa shape index (κ2) is 10.7. The number of aromatic nitrogens is 1. The van der Waals surface area contributed by atoms with E-state index in [1.54, 1.807) is 7.11 Å². The van der Waals surface area contributed by atoms with Crippen LogP contribution in [0.1, 0.15) is 19.8 Å². The number of nitrogens with zero attached hydrogens (tertiary/aromatic N) is 2. The van der Waals surface area contributed by atoms with Crippen molar-refractivity contribution in [1.29, 1.82) is 0 Å². The second-order valence-corrected chi connectivity index (χ2v) is 7.12. The Hall–Kier alpha value is -2.01. The highest BCUT2D eigenvalue weighted by atomic mass is 35.5. The van der Waals surface area contributed by atoms with Crippen molar-refractivity contribution in [2.75, 3.05) is 31.6 Å². The molecule has 0 amide bonds. The molecule has 1 atom stereocenters. The summed E-state index contributed by atoms with van der Waals surface area (Å²) >= 11 is 0. The van der Waals surface area contributed by atoms with Crippen LogP contribution < -0.4 is 15.0 Å². The minimum Gasteiger partial charge on any atom is -0.497 e. The van der Waals surface area contributed by atoms with Crippen LogP contribution in [0, 0.1) is 0 Å². The van der Waals surface area contributed by atoms with Gasteiger partial charge in [-0.25, -0.2) is 4.98 Å². The van der Waals surface area contributed by atoms with Crippen molar-refractivity contribution in [2.45, 2.75) is 25.8 Å². The molecule has 0 aliphatic carbocycles. The maximum absolute atomic E-state index is 5.30. The number of hydrogen-bond donors (Lipinski definition) is 1. The molecule has 2 heterocycles.